The molecule has 0 N–H and O–H groups in total. The van der Waals surface area contributed by atoms with Gasteiger partial charge in [-0.3, -0.25) is 9.59 Å². The second-order valence-electron chi connectivity index (χ2n) is 6.84. The molecule has 3 heterocycles. The van der Waals surface area contributed by atoms with E-state index >= 15 is 0 Å². The van der Waals surface area contributed by atoms with Crippen LogP contribution in [0.3, 0.4) is 0 Å². The maximum atomic E-state index is 12.9. The number of carbonyl (C=O) groups excluding carboxylic acids is 1. The van der Waals surface area contributed by atoms with Crippen LogP contribution in [0.1, 0.15) is 40.2 Å². The fourth-order valence-corrected chi connectivity index (χ4v) is 3.42. The van der Waals surface area contributed by atoms with Gasteiger partial charge in [0.15, 0.2) is 5.78 Å². The number of ketones is 1. The molecular formula is C19H21F3N2O3. The molecule has 0 unspecified atom stereocenters. The van der Waals surface area contributed by atoms with Gasteiger partial charge in [-0.15, -0.1) is 0 Å². The molecular weight excluding hydrogens is 361 g/mol. The van der Waals surface area contributed by atoms with Gasteiger partial charge in [-0.05, 0) is 38.8 Å². The first-order valence-corrected chi connectivity index (χ1v) is 8.76. The summed E-state index contributed by atoms with van der Waals surface area (Å²) in [7, 11) is 0. The van der Waals surface area contributed by atoms with Crippen molar-refractivity contribution in [1.29, 1.82) is 0 Å². The molecule has 27 heavy (non-hydrogen) atoms. The van der Waals surface area contributed by atoms with Crippen LogP contribution in [0.4, 0.5) is 13.2 Å². The van der Waals surface area contributed by atoms with Gasteiger partial charge < -0.3 is 13.9 Å². The Morgan fingerprint density at radius 1 is 1.30 bits per heavy atom. The summed E-state index contributed by atoms with van der Waals surface area (Å²) in [6.45, 7) is 4.59. The second-order valence-corrected chi connectivity index (χ2v) is 6.84. The molecule has 0 aromatic carbocycles. The molecule has 1 aliphatic rings. The second kappa shape index (κ2) is 7.34. The Hall–Kier alpha value is -2.35. The van der Waals surface area contributed by atoms with Crippen molar-refractivity contribution in [3.63, 3.8) is 0 Å². The van der Waals surface area contributed by atoms with E-state index < -0.39 is 29.6 Å². The van der Waals surface area contributed by atoms with Gasteiger partial charge in [-0.25, -0.2) is 0 Å². The molecule has 5 nitrogen and oxygen atoms in total. The zero-order valence-corrected chi connectivity index (χ0v) is 15.2. The number of aryl methyl sites for hydroxylation is 1. The van der Waals surface area contributed by atoms with Gasteiger partial charge in [0.2, 0.25) is 0 Å². The van der Waals surface area contributed by atoms with Gasteiger partial charge in [0.1, 0.15) is 0 Å². The molecule has 1 saturated heterocycles. The van der Waals surface area contributed by atoms with E-state index in [9.17, 15) is 22.8 Å². The summed E-state index contributed by atoms with van der Waals surface area (Å²) in [5.74, 6) is -0.400. The van der Waals surface area contributed by atoms with Gasteiger partial charge in [0, 0.05) is 42.4 Å². The quantitative estimate of drug-likeness (QED) is 0.746. The van der Waals surface area contributed by atoms with E-state index in [2.05, 4.69) is 0 Å². The average Bonchev–Trinajstić information content (AvgIpc) is 3.19. The third-order valence-corrected chi connectivity index (χ3v) is 4.91. The molecule has 1 atom stereocenters. The van der Waals surface area contributed by atoms with Crippen LogP contribution in [0.5, 0.6) is 0 Å². The van der Waals surface area contributed by atoms with Crippen LogP contribution < -0.4 is 5.56 Å². The standard InChI is InChI=1S/C19H21F3N2O3/c1-12-8-16(13(2)24(12)10-15-4-3-7-27-15)17(25)11-23-9-14(19(20,21)22)5-6-18(23)26/h5-6,8-9,15H,3-4,7,10-11H2,1-2H3/t15-/m0/s1. The minimum absolute atomic E-state index is 0.101. The Bertz CT molecular complexity index is 906. The van der Waals surface area contributed by atoms with Gasteiger partial charge in [-0.1, -0.05) is 0 Å². The lowest BCUT2D eigenvalue weighted by molar-refractivity contribution is -0.138. The molecule has 8 heteroatoms. The Balaban J connectivity index is 1.84. The number of hydrogen-bond acceptors (Lipinski definition) is 3. The van der Waals surface area contributed by atoms with Crippen molar-refractivity contribution < 1.29 is 22.7 Å². The van der Waals surface area contributed by atoms with Crippen molar-refractivity contribution in [2.45, 2.75) is 52.1 Å². The maximum Gasteiger partial charge on any atom is 0.417 e. The van der Waals surface area contributed by atoms with Crippen LogP contribution in [0.15, 0.2) is 29.2 Å². The summed E-state index contributed by atoms with van der Waals surface area (Å²) in [6.07, 6.45) is -1.82. The lowest BCUT2D eigenvalue weighted by Gasteiger charge is -2.15. The van der Waals surface area contributed by atoms with E-state index in [0.29, 0.717) is 18.3 Å². The monoisotopic (exact) mass is 382 g/mol. The first-order valence-electron chi connectivity index (χ1n) is 8.76. The fraction of sp³-hybridized carbons (Fsp3) is 0.474. The van der Waals surface area contributed by atoms with Crippen molar-refractivity contribution in [3.8, 4) is 0 Å². The third-order valence-electron chi connectivity index (χ3n) is 4.91. The number of hydrogen-bond donors (Lipinski definition) is 0. The predicted octanol–water partition coefficient (Wildman–Crippen LogP) is 3.35. The minimum atomic E-state index is -4.57. The molecule has 2 aromatic heterocycles. The van der Waals surface area contributed by atoms with Crippen molar-refractivity contribution in [3.05, 3.63) is 57.3 Å². The number of rotatable bonds is 5. The highest BCUT2D eigenvalue weighted by molar-refractivity contribution is 5.97. The van der Waals surface area contributed by atoms with E-state index in [-0.39, 0.29) is 6.10 Å². The first kappa shape index (κ1) is 19.4. The van der Waals surface area contributed by atoms with Crippen molar-refractivity contribution in [1.82, 2.24) is 9.13 Å². The highest BCUT2D eigenvalue weighted by atomic mass is 19.4. The lowest BCUT2D eigenvalue weighted by Crippen LogP contribution is -2.25. The van der Waals surface area contributed by atoms with Crippen LogP contribution in [-0.4, -0.2) is 27.6 Å². The number of pyridine rings is 1. The van der Waals surface area contributed by atoms with Crippen LogP contribution in [0.25, 0.3) is 0 Å². The fourth-order valence-electron chi connectivity index (χ4n) is 3.42. The number of halogens is 3. The summed E-state index contributed by atoms with van der Waals surface area (Å²) in [5, 5.41) is 0. The maximum absolute atomic E-state index is 12.9. The summed E-state index contributed by atoms with van der Waals surface area (Å²) >= 11 is 0. The molecule has 2 aromatic rings. The minimum Gasteiger partial charge on any atom is -0.376 e. The van der Waals surface area contributed by atoms with E-state index in [4.69, 9.17) is 4.74 Å². The third kappa shape index (κ3) is 4.16. The Morgan fingerprint density at radius 3 is 2.67 bits per heavy atom. The SMILES string of the molecule is Cc1cc(C(=O)Cn2cc(C(F)(F)F)ccc2=O)c(C)n1C[C@@H]1CCCO1. The first-order chi connectivity index (χ1) is 12.7. The average molecular weight is 382 g/mol. The zero-order chi connectivity index (χ0) is 19.8. The van der Waals surface area contributed by atoms with Crippen LogP contribution in [0.2, 0.25) is 0 Å². The van der Waals surface area contributed by atoms with Gasteiger partial charge in [0.05, 0.1) is 18.2 Å². The molecule has 0 spiro atoms. The molecule has 0 aliphatic carbocycles. The molecule has 0 bridgehead atoms. The van der Waals surface area contributed by atoms with Gasteiger partial charge in [0.25, 0.3) is 5.56 Å². The van der Waals surface area contributed by atoms with Crippen molar-refractivity contribution in [2.24, 2.45) is 0 Å². The lowest BCUT2D eigenvalue weighted by atomic mass is 10.1. The van der Waals surface area contributed by atoms with Crippen molar-refractivity contribution >= 4 is 5.78 Å². The normalized spacial score (nSPS) is 17.4. The zero-order valence-electron chi connectivity index (χ0n) is 15.2. The Kier molecular flexibility index (Phi) is 5.28. The highest BCUT2D eigenvalue weighted by Crippen LogP contribution is 2.28. The summed E-state index contributed by atoms with van der Waals surface area (Å²) < 4.78 is 47.0. The summed E-state index contributed by atoms with van der Waals surface area (Å²) in [4.78, 5) is 24.5. The van der Waals surface area contributed by atoms with E-state index in [1.165, 1.54) is 0 Å². The largest absolute Gasteiger partial charge is 0.417 e. The number of aromatic nitrogens is 2. The van der Waals surface area contributed by atoms with E-state index in [1.54, 1.807) is 13.0 Å². The molecule has 0 saturated carbocycles. The molecule has 146 valence electrons. The van der Waals surface area contributed by atoms with Gasteiger partial charge in [-0.2, -0.15) is 13.2 Å². The predicted molar refractivity (Wildman–Crippen MR) is 92.9 cm³/mol. The van der Waals surface area contributed by atoms with Crippen LogP contribution in [0, 0.1) is 13.8 Å². The van der Waals surface area contributed by atoms with Gasteiger partial charge >= 0.3 is 6.18 Å². The van der Waals surface area contributed by atoms with Crippen molar-refractivity contribution in [2.75, 3.05) is 6.61 Å². The molecule has 1 aliphatic heterocycles. The highest BCUT2D eigenvalue weighted by Gasteiger charge is 2.31. The number of alkyl halides is 3. The molecule has 0 radical (unpaired) electrons. The number of nitrogens with zero attached hydrogens (tertiary/aromatic N) is 2. The van der Waals surface area contributed by atoms with E-state index in [1.807, 2.05) is 11.5 Å². The Morgan fingerprint density at radius 2 is 2.04 bits per heavy atom. The van der Waals surface area contributed by atoms with Crippen LogP contribution >= 0.6 is 0 Å². The number of Topliss-reactive ketones (excluding diaryl/α,β-unsaturated/α-hetero) is 1. The number of ether oxygens (including phenoxy) is 1. The number of carbonyl (C=O) groups is 1. The summed E-state index contributed by atoms with van der Waals surface area (Å²) in [6, 6.07) is 3.26. The smallest absolute Gasteiger partial charge is 0.376 e. The molecule has 3 rings (SSSR count). The molecule has 0 amide bonds. The molecule has 1 fully saturated rings. The van der Waals surface area contributed by atoms with Crippen LogP contribution in [-0.2, 0) is 24.0 Å². The van der Waals surface area contributed by atoms with E-state index in [0.717, 1.165) is 47.5 Å². The summed E-state index contributed by atoms with van der Waals surface area (Å²) in [5.41, 5.74) is 0.411. The topological polar surface area (TPSA) is 53.2 Å². The Labute approximate surface area is 154 Å².